The molecule has 9 heteroatoms. The molecule has 2 aliphatic rings. The van der Waals surface area contributed by atoms with Crippen LogP contribution >= 0.6 is 12.4 Å². The second-order valence-corrected chi connectivity index (χ2v) is 9.11. The minimum atomic E-state index is -3.54. The highest BCUT2D eigenvalue weighted by Gasteiger charge is 2.35. The first-order valence-electron chi connectivity index (χ1n) is 9.67. The van der Waals surface area contributed by atoms with Crippen LogP contribution in [0.1, 0.15) is 26.7 Å². The normalized spacial score (nSPS) is 21.8. The van der Waals surface area contributed by atoms with Crippen molar-refractivity contribution in [1.29, 1.82) is 0 Å². The molecule has 2 aliphatic heterocycles. The van der Waals surface area contributed by atoms with Crippen molar-refractivity contribution in [1.82, 2.24) is 14.5 Å². The third-order valence-corrected chi connectivity index (χ3v) is 7.27. The number of carbonyl (C=O) groups is 1. The molecule has 7 nitrogen and oxygen atoms in total. The summed E-state index contributed by atoms with van der Waals surface area (Å²) in [6.07, 6.45) is 1.15. The summed E-state index contributed by atoms with van der Waals surface area (Å²) in [5.74, 6) is 0.741. The molecule has 1 atom stereocenters. The van der Waals surface area contributed by atoms with Gasteiger partial charge in [0.1, 0.15) is 5.75 Å². The summed E-state index contributed by atoms with van der Waals surface area (Å²) in [6.45, 7) is 7.60. The van der Waals surface area contributed by atoms with Gasteiger partial charge < -0.3 is 15.0 Å². The molecule has 2 fully saturated rings. The molecule has 0 aliphatic carbocycles. The molecule has 0 radical (unpaired) electrons. The molecule has 1 amide bonds. The zero-order chi connectivity index (χ0) is 19.4. The van der Waals surface area contributed by atoms with E-state index in [1.54, 1.807) is 24.3 Å². The van der Waals surface area contributed by atoms with E-state index in [1.165, 1.54) is 4.31 Å². The molecule has 0 unspecified atom stereocenters. The van der Waals surface area contributed by atoms with Crippen molar-refractivity contribution in [3.05, 3.63) is 24.3 Å². The number of benzene rings is 1. The van der Waals surface area contributed by atoms with Gasteiger partial charge in [-0.25, -0.2) is 8.42 Å². The summed E-state index contributed by atoms with van der Waals surface area (Å²) in [7, 11) is -3.54. The van der Waals surface area contributed by atoms with Crippen molar-refractivity contribution in [2.45, 2.75) is 37.6 Å². The molecule has 0 saturated carbocycles. The zero-order valence-corrected chi connectivity index (χ0v) is 18.1. The fraction of sp³-hybridized carbons (Fsp3) is 0.632. The van der Waals surface area contributed by atoms with Gasteiger partial charge in [-0.15, -0.1) is 12.4 Å². The Labute approximate surface area is 173 Å². The number of ether oxygens (including phenoxy) is 1. The summed E-state index contributed by atoms with van der Waals surface area (Å²) >= 11 is 0. The van der Waals surface area contributed by atoms with E-state index in [9.17, 15) is 13.2 Å². The first-order chi connectivity index (χ1) is 12.9. The van der Waals surface area contributed by atoms with Crippen LogP contribution in [0.5, 0.6) is 5.75 Å². The molecule has 0 bridgehead atoms. The van der Waals surface area contributed by atoms with E-state index in [0.717, 1.165) is 19.6 Å². The standard InChI is InChI=1S/C19H29N3O4S.ClH/c1-3-26-17-4-6-18(7-5-17)27(24,25)21-11-8-16(9-12-21)19(23)22-13-10-20-14-15(22)2;/h4-7,15-16,20H,3,8-14H2,1-2H3;1H/t15-;/m0./s1. The number of nitrogens with one attached hydrogen (secondary N) is 1. The van der Waals surface area contributed by atoms with E-state index in [1.807, 2.05) is 11.8 Å². The Bertz CT molecular complexity index is 749. The first-order valence-corrected chi connectivity index (χ1v) is 11.1. The van der Waals surface area contributed by atoms with Crippen molar-refractivity contribution in [3.63, 3.8) is 0 Å². The van der Waals surface area contributed by atoms with Crippen LogP contribution in [-0.4, -0.2) is 68.9 Å². The molecule has 158 valence electrons. The summed E-state index contributed by atoms with van der Waals surface area (Å²) in [6, 6.07) is 6.72. The second kappa shape index (κ2) is 9.91. The Balaban J connectivity index is 0.00000280. The molecule has 0 spiro atoms. The third-order valence-electron chi connectivity index (χ3n) is 5.36. The van der Waals surface area contributed by atoms with Gasteiger partial charge in [0.05, 0.1) is 11.5 Å². The average molecular weight is 432 g/mol. The average Bonchev–Trinajstić information content (AvgIpc) is 2.69. The van der Waals surface area contributed by atoms with Crippen LogP contribution in [0.3, 0.4) is 0 Å². The number of nitrogens with zero attached hydrogens (tertiary/aromatic N) is 2. The van der Waals surface area contributed by atoms with Crippen LogP contribution in [0.4, 0.5) is 0 Å². The quantitative estimate of drug-likeness (QED) is 0.768. The molecule has 28 heavy (non-hydrogen) atoms. The van der Waals surface area contributed by atoms with Gasteiger partial charge in [0.25, 0.3) is 0 Å². The number of sulfonamides is 1. The fourth-order valence-corrected chi connectivity index (χ4v) is 5.24. The highest BCUT2D eigenvalue weighted by atomic mass is 35.5. The number of rotatable bonds is 5. The first kappa shape index (κ1) is 22.9. The fourth-order valence-electron chi connectivity index (χ4n) is 3.77. The van der Waals surface area contributed by atoms with E-state index in [0.29, 0.717) is 38.3 Å². The second-order valence-electron chi connectivity index (χ2n) is 7.17. The summed E-state index contributed by atoms with van der Waals surface area (Å²) in [4.78, 5) is 15.0. The topological polar surface area (TPSA) is 79.0 Å². The lowest BCUT2D eigenvalue weighted by atomic mass is 9.95. The van der Waals surface area contributed by atoms with Crippen molar-refractivity contribution in [2.75, 3.05) is 39.3 Å². The van der Waals surface area contributed by atoms with Crippen LogP contribution < -0.4 is 10.1 Å². The van der Waals surface area contributed by atoms with E-state index in [2.05, 4.69) is 12.2 Å². The molecule has 0 aromatic heterocycles. The van der Waals surface area contributed by atoms with Crippen LogP contribution in [0, 0.1) is 5.92 Å². The number of amides is 1. The summed E-state index contributed by atoms with van der Waals surface area (Å²) < 4.78 is 32.6. The summed E-state index contributed by atoms with van der Waals surface area (Å²) in [5.41, 5.74) is 0. The van der Waals surface area contributed by atoms with Gasteiger partial charge in [0, 0.05) is 44.7 Å². The number of halogens is 1. The van der Waals surface area contributed by atoms with Gasteiger partial charge in [-0.2, -0.15) is 4.31 Å². The Morgan fingerprint density at radius 1 is 1.18 bits per heavy atom. The largest absolute Gasteiger partial charge is 0.494 e. The minimum Gasteiger partial charge on any atom is -0.494 e. The van der Waals surface area contributed by atoms with Crippen molar-refractivity contribution >= 4 is 28.3 Å². The molecule has 1 N–H and O–H groups in total. The summed E-state index contributed by atoms with van der Waals surface area (Å²) in [5, 5.41) is 3.29. The smallest absolute Gasteiger partial charge is 0.243 e. The zero-order valence-electron chi connectivity index (χ0n) is 16.5. The van der Waals surface area contributed by atoms with E-state index < -0.39 is 10.0 Å². The number of piperazine rings is 1. The molecule has 2 saturated heterocycles. The van der Waals surface area contributed by atoms with Crippen LogP contribution in [0.25, 0.3) is 0 Å². The van der Waals surface area contributed by atoms with E-state index >= 15 is 0 Å². The minimum absolute atomic E-state index is 0. The Kier molecular flexibility index (Phi) is 8.12. The van der Waals surface area contributed by atoms with Crippen LogP contribution in [0.15, 0.2) is 29.2 Å². The maximum atomic E-state index is 12.9. The predicted molar refractivity (Wildman–Crippen MR) is 110 cm³/mol. The Morgan fingerprint density at radius 2 is 1.82 bits per heavy atom. The van der Waals surface area contributed by atoms with Crippen LogP contribution in [0.2, 0.25) is 0 Å². The van der Waals surface area contributed by atoms with Gasteiger partial charge in [0.15, 0.2) is 0 Å². The molecule has 1 aromatic rings. The monoisotopic (exact) mass is 431 g/mol. The van der Waals surface area contributed by atoms with Gasteiger partial charge in [-0.3, -0.25) is 4.79 Å². The lowest BCUT2D eigenvalue weighted by molar-refractivity contribution is -0.139. The van der Waals surface area contributed by atoms with Gasteiger partial charge in [-0.1, -0.05) is 0 Å². The van der Waals surface area contributed by atoms with Crippen molar-refractivity contribution in [2.24, 2.45) is 5.92 Å². The Hall–Kier alpha value is -1.35. The highest BCUT2D eigenvalue weighted by molar-refractivity contribution is 7.89. The SMILES string of the molecule is CCOc1ccc(S(=O)(=O)N2CCC(C(=O)N3CCNC[C@@H]3C)CC2)cc1.Cl. The Morgan fingerprint density at radius 3 is 2.39 bits per heavy atom. The third kappa shape index (κ3) is 4.97. The predicted octanol–water partition coefficient (Wildman–Crippen LogP) is 1.73. The van der Waals surface area contributed by atoms with E-state index in [-0.39, 0.29) is 35.2 Å². The lowest BCUT2D eigenvalue weighted by Crippen LogP contribution is -2.55. The van der Waals surface area contributed by atoms with Gasteiger partial charge >= 0.3 is 0 Å². The molecular formula is C19H30ClN3O4S. The number of piperidine rings is 1. The molecular weight excluding hydrogens is 402 g/mol. The molecule has 2 heterocycles. The van der Waals surface area contributed by atoms with Crippen molar-refractivity contribution < 1.29 is 17.9 Å². The van der Waals surface area contributed by atoms with Gasteiger partial charge in [0.2, 0.25) is 15.9 Å². The number of hydrogen-bond acceptors (Lipinski definition) is 5. The molecule has 1 aromatic carbocycles. The molecule has 3 rings (SSSR count). The maximum Gasteiger partial charge on any atom is 0.243 e. The number of carbonyl (C=O) groups excluding carboxylic acids is 1. The lowest BCUT2D eigenvalue weighted by Gasteiger charge is -2.38. The van der Waals surface area contributed by atoms with Gasteiger partial charge in [-0.05, 0) is 51.0 Å². The van der Waals surface area contributed by atoms with E-state index in [4.69, 9.17) is 4.74 Å². The highest BCUT2D eigenvalue weighted by Crippen LogP contribution is 2.26. The van der Waals surface area contributed by atoms with Crippen LogP contribution in [-0.2, 0) is 14.8 Å². The maximum absolute atomic E-state index is 12.9. The number of hydrogen-bond donors (Lipinski definition) is 1. The van der Waals surface area contributed by atoms with Crippen molar-refractivity contribution in [3.8, 4) is 5.75 Å².